The summed E-state index contributed by atoms with van der Waals surface area (Å²) in [6.45, 7) is 2.96. The fourth-order valence-electron chi connectivity index (χ4n) is 6.12. The van der Waals surface area contributed by atoms with Crippen LogP contribution in [-0.2, 0) is 0 Å². The number of ether oxygens (including phenoxy) is 2. The molecule has 0 unspecified atom stereocenters. The van der Waals surface area contributed by atoms with Gasteiger partial charge in [-0.3, -0.25) is 9.69 Å². The van der Waals surface area contributed by atoms with E-state index in [0.29, 0.717) is 41.5 Å². The summed E-state index contributed by atoms with van der Waals surface area (Å²) in [7, 11) is 3.18. The van der Waals surface area contributed by atoms with E-state index >= 15 is 0 Å². The molecule has 1 aliphatic heterocycles. The fourth-order valence-corrected chi connectivity index (χ4v) is 6.12. The minimum absolute atomic E-state index is 0.177. The quantitative estimate of drug-likeness (QED) is 0.358. The zero-order valence-electron chi connectivity index (χ0n) is 22.9. The van der Waals surface area contributed by atoms with Crippen LogP contribution in [-0.4, -0.2) is 75.6 Å². The number of hydrogen-bond acceptors (Lipinski definition) is 9. The number of nitrogens with one attached hydrogen (secondary N) is 1. The number of methoxy groups -OCH3 is 2. The van der Waals surface area contributed by atoms with E-state index in [4.69, 9.17) is 9.47 Å². The summed E-state index contributed by atoms with van der Waals surface area (Å²) >= 11 is 0. The van der Waals surface area contributed by atoms with Crippen LogP contribution < -0.4 is 19.9 Å². The van der Waals surface area contributed by atoms with E-state index in [0.717, 1.165) is 49.8 Å². The Morgan fingerprint density at radius 1 is 0.950 bits per heavy atom. The first-order chi connectivity index (χ1) is 19.6. The molecule has 4 aromatic rings. The number of aromatic amines is 1. The molecule has 1 aliphatic carbocycles. The van der Waals surface area contributed by atoms with Gasteiger partial charge in [0.15, 0.2) is 17.3 Å². The van der Waals surface area contributed by atoms with Crippen LogP contribution in [0.15, 0.2) is 47.3 Å². The zero-order valence-corrected chi connectivity index (χ0v) is 22.9. The first-order valence-electron chi connectivity index (χ1n) is 13.9. The van der Waals surface area contributed by atoms with Gasteiger partial charge in [0.1, 0.15) is 11.8 Å². The summed E-state index contributed by atoms with van der Waals surface area (Å²) in [5, 5.41) is 23.6. The fraction of sp³-hybridized carbons (Fsp3) is 0.448. The standard InChI is InChI=1S/C29H35N7O4/c1-39-25-17-19-16-23(29(38)30-24(19)18-26(25)40-2)27(28-31-32-33-36(28)21-6-4-3-5-7-21)35-14-12-34(13-15-35)20-8-10-22(37)11-9-20/h8-11,16-18,21,27,37H,3-7,12-15H2,1-2H3,(H,30,38)/t27-/m1/s1. The van der Waals surface area contributed by atoms with Gasteiger partial charge in [0, 0.05) is 48.9 Å². The Balaban J connectivity index is 1.40. The Hall–Kier alpha value is -4.12. The van der Waals surface area contributed by atoms with Crippen molar-refractivity contribution in [2.45, 2.75) is 44.2 Å². The molecule has 0 amide bonds. The lowest BCUT2D eigenvalue weighted by Gasteiger charge is -2.40. The van der Waals surface area contributed by atoms with Gasteiger partial charge >= 0.3 is 0 Å². The van der Waals surface area contributed by atoms with E-state index < -0.39 is 6.04 Å². The molecule has 2 aromatic carbocycles. The molecular formula is C29H35N7O4. The molecule has 2 fully saturated rings. The van der Waals surface area contributed by atoms with Crippen molar-refractivity contribution < 1.29 is 14.6 Å². The highest BCUT2D eigenvalue weighted by atomic mass is 16.5. The molecule has 0 bridgehead atoms. The van der Waals surface area contributed by atoms with Crippen LogP contribution in [0.2, 0.25) is 0 Å². The van der Waals surface area contributed by atoms with Gasteiger partial charge in [-0.05, 0) is 59.7 Å². The second kappa shape index (κ2) is 11.2. The molecule has 0 spiro atoms. The maximum absolute atomic E-state index is 13.7. The predicted molar refractivity (Wildman–Crippen MR) is 151 cm³/mol. The van der Waals surface area contributed by atoms with Crippen LogP contribution in [0.1, 0.15) is 55.6 Å². The number of nitrogens with zero attached hydrogens (tertiary/aromatic N) is 6. The number of rotatable bonds is 7. The number of benzene rings is 2. The number of fused-ring (bicyclic) bond motifs is 1. The Bertz CT molecular complexity index is 1520. The van der Waals surface area contributed by atoms with Crippen LogP contribution in [0.25, 0.3) is 10.9 Å². The maximum atomic E-state index is 13.7. The van der Waals surface area contributed by atoms with Crippen molar-refractivity contribution in [3.8, 4) is 17.2 Å². The first-order valence-corrected chi connectivity index (χ1v) is 13.9. The molecule has 40 heavy (non-hydrogen) atoms. The highest BCUT2D eigenvalue weighted by Gasteiger charge is 2.34. The molecule has 1 atom stereocenters. The number of phenols is 1. The van der Waals surface area contributed by atoms with Crippen LogP contribution in [0, 0.1) is 0 Å². The number of phenolic OH excluding ortho intramolecular Hbond substituents is 1. The SMILES string of the molecule is COc1cc2cc([C@H](c3nnnn3C3CCCCC3)N3CCN(c4ccc(O)cc4)CC3)c(=O)[nH]c2cc1OC. The predicted octanol–water partition coefficient (Wildman–Crippen LogP) is 3.65. The summed E-state index contributed by atoms with van der Waals surface area (Å²) in [5.74, 6) is 2.11. The van der Waals surface area contributed by atoms with Crippen molar-refractivity contribution >= 4 is 16.6 Å². The second-order valence-electron chi connectivity index (χ2n) is 10.6. The molecule has 1 saturated heterocycles. The molecular weight excluding hydrogens is 510 g/mol. The van der Waals surface area contributed by atoms with Crippen LogP contribution in [0.4, 0.5) is 5.69 Å². The van der Waals surface area contributed by atoms with Crippen molar-refractivity contribution in [2.24, 2.45) is 0 Å². The van der Waals surface area contributed by atoms with Gasteiger partial charge in [0.25, 0.3) is 5.56 Å². The maximum Gasteiger partial charge on any atom is 0.253 e. The van der Waals surface area contributed by atoms with Crippen molar-refractivity contribution in [1.82, 2.24) is 30.1 Å². The summed E-state index contributed by atoms with van der Waals surface area (Å²) in [4.78, 5) is 21.4. The van der Waals surface area contributed by atoms with E-state index in [1.165, 1.54) is 6.42 Å². The molecule has 210 valence electrons. The number of aromatic hydroxyl groups is 1. The lowest BCUT2D eigenvalue weighted by molar-refractivity contribution is 0.192. The van der Waals surface area contributed by atoms with Crippen molar-refractivity contribution in [3.63, 3.8) is 0 Å². The van der Waals surface area contributed by atoms with E-state index in [2.05, 4.69) is 30.3 Å². The largest absolute Gasteiger partial charge is 0.508 e. The van der Waals surface area contributed by atoms with Gasteiger partial charge in [-0.1, -0.05) is 19.3 Å². The molecule has 11 nitrogen and oxygen atoms in total. The smallest absolute Gasteiger partial charge is 0.253 e. The number of aromatic nitrogens is 5. The number of anilines is 1. The Morgan fingerprint density at radius 3 is 2.35 bits per heavy atom. The third-order valence-corrected chi connectivity index (χ3v) is 8.25. The van der Waals surface area contributed by atoms with Crippen LogP contribution in [0.3, 0.4) is 0 Å². The lowest BCUT2D eigenvalue weighted by Crippen LogP contribution is -2.49. The Morgan fingerprint density at radius 2 is 1.65 bits per heavy atom. The van der Waals surface area contributed by atoms with Crippen LogP contribution >= 0.6 is 0 Å². The highest BCUT2D eigenvalue weighted by molar-refractivity contribution is 5.83. The molecule has 6 rings (SSSR count). The van der Waals surface area contributed by atoms with Gasteiger partial charge in [-0.25, -0.2) is 4.68 Å². The Labute approximate surface area is 232 Å². The van der Waals surface area contributed by atoms with E-state index in [9.17, 15) is 9.90 Å². The van der Waals surface area contributed by atoms with Crippen molar-refractivity contribution in [3.05, 3.63) is 64.2 Å². The summed E-state index contributed by atoms with van der Waals surface area (Å²) in [6, 6.07) is 12.7. The van der Waals surface area contributed by atoms with Gasteiger partial charge in [-0.15, -0.1) is 5.10 Å². The average molecular weight is 546 g/mol. The van der Waals surface area contributed by atoms with E-state index in [1.807, 2.05) is 28.9 Å². The molecule has 2 N–H and O–H groups in total. The summed E-state index contributed by atoms with van der Waals surface area (Å²) in [6.07, 6.45) is 5.59. The average Bonchev–Trinajstić information content (AvgIpc) is 3.47. The molecule has 2 aromatic heterocycles. The zero-order chi connectivity index (χ0) is 27.6. The van der Waals surface area contributed by atoms with E-state index in [1.54, 1.807) is 32.4 Å². The number of hydrogen-bond donors (Lipinski definition) is 2. The molecule has 2 aliphatic rings. The number of piperazine rings is 1. The third-order valence-electron chi connectivity index (χ3n) is 8.25. The van der Waals surface area contributed by atoms with Crippen LogP contribution in [0.5, 0.6) is 17.2 Å². The summed E-state index contributed by atoms with van der Waals surface area (Å²) in [5.41, 5.74) is 2.16. The molecule has 11 heteroatoms. The number of pyridine rings is 1. The molecule has 0 radical (unpaired) electrons. The molecule has 1 saturated carbocycles. The normalized spacial score (nSPS) is 17.7. The van der Waals surface area contributed by atoms with Gasteiger partial charge in [-0.2, -0.15) is 0 Å². The highest BCUT2D eigenvalue weighted by Crippen LogP contribution is 2.36. The van der Waals surface area contributed by atoms with Gasteiger partial charge < -0.3 is 24.5 Å². The third kappa shape index (κ3) is 4.97. The van der Waals surface area contributed by atoms with Crippen molar-refractivity contribution in [1.29, 1.82) is 0 Å². The van der Waals surface area contributed by atoms with Crippen molar-refractivity contribution in [2.75, 3.05) is 45.3 Å². The number of tetrazole rings is 1. The topological polar surface area (TPSA) is 122 Å². The van der Waals surface area contributed by atoms with Gasteiger partial charge in [0.2, 0.25) is 0 Å². The second-order valence-corrected chi connectivity index (χ2v) is 10.6. The van der Waals surface area contributed by atoms with E-state index in [-0.39, 0.29) is 17.4 Å². The van der Waals surface area contributed by atoms with Gasteiger partial charge in [0.05, 0.1) is 25.8 Å². The lowest BCUT2D eigenvalue weighted by atomic mass is 9.95. The Kier molecular flexibility index (Phi) is 7.29. The molecule has 3 heterocycles. The first kappa shape index (κ1) is 26.1. The number of H-pyrrole nitrogens is 1. The summed E-state index contributed by atoms with van der Waals surface area (Å²) < 4.78 is 13.0. The minimum atomic E-state index is -0.417. The monoisotopic (exact) mass is 545 g/mol. The minimum Gasteiger partial charge on any atom is -0.508 e.